The van der Waals surface area contributed by atoms with Crippen LogP contribution in [0.15, 0.2) is 6.07 Å². The molecule has 0 aliphatic heterocycles. The quantitative estimate of drug-likeness (QED) is 0.206. The fraction of sp³-hybridized carbons (Fsp3) is 0.783. The van der Waals surface area contributed by atoms with Gasteiger partial charge in [0.15, 0.2) is 0 Å². The van der Waals surface area contributed by atoms with E-state index in [9.17, 15) is 4.79 Å². The van der Waals surface area contributed by atoms with Crippen LogP contribution in [-0.4, -0.2) is 44.0 Å². The van der Waals surface area contributed by atoms with Gasteiger partial charge in [-0.05, 0) is 25.8 Å². The third-order valence-corrected chi connectivity index (χ3v) is 5.16. The number of carbonyl (C=O) groups excluding carboxylic acids is 1. The zero-order chi connectivity index (χ0) is 21.2. The molecule has 168 valence electrons. The van der Waals surface area contributed by atoms with Crippen LogP contribution in [0.5, 0.6) is 0 Å². The summed E-state index contributed by atoms with van der Waals surface area (Å²) < 4.78 is 15.7. The zero-order valence-corrected chi connectivity index (χ0v) is 19.2. The maximum absolute atomic E-state index is 12.1. The van der Waals surface area contributed by atoms with Gasteiger partial charge in [-0.3, -0.25) is 0 Å². The lowest BCUT2D eigenvalue weighted by Crippen LogP contribution is -2.13. The van der Waals surface area contributed by atoms with E-state index >= 15 is 0 Å². The minimum absolute atomic E-state index is 0.202. The van der Waals surface area contributed by atoms with Crippen molar-refractivity contribution in [1.82, 2.24) is 4.98 Å². The summed E-state index contributed by atoms with van der Waals surface area (Å²) in [5, 5.41) is 0.425. The summed E-state index contributed by atoms with van der Waals surface area (Å²) >= 11 is 6.19. The van der Waals surface area contributed by atoms with Gasteiger partial charge in [0.1, 0.15) is 12.3 Å². The predicted octanol–water partition coefficient (Wildman–Crippen LogP) is 6.34. The number of hydrogen-bond donors (Lipinski definition) is 1. The van der Waals surface area contributed by atoms with Crippen LogP contribution in [0.25, 0.3) is 0 Å². The summed E-state index contributed by atoms with van der Waals surface area (Å²) in [7, 11) is 0. The van der Waals surface area contributed by atoms with E-state index in [1.54, 1.807) is 0 Å². The van der Waals surface area contributed by atoms with E-state index in [0.29, 0.717) is 37.1 Å². The number of aromatic nitrogens is 1. The van der Waals surface area contributed by atoms with Crippen molar-refractivity contribution >= 4 is 17.6 Å². The number of halogens is 1. The molecule has 6 heteroatoms. The van der Waals surface area contributed by atoms with Crippen molar-refractivity contribution < 1.29 is 19.0 Å². The molecule has 29 heavy (non-hydrogen) atoms. The molecule has 0 saturated carbocycles. The van der Waals surface area contributed by atoms with Crippen LogP contribution in [0, 0.1) is 0 Å². The van der Waals surface area contributed by atoms with Crippen LogP contribution in [-0.2, 0) is 20.6 Å². The Kier molecular flexibility index (Phi) is 15.9. The largest absolute Gasteiger partial charge is 0.459 e. The van der Waals surface area contributed by atoms with Crippen molar-refractivity contribution in [3.63, 3.8) is 0 Å². The van der Waals surface area contributed by atoms with Crippen molar-refractivity contribution in [3.05, 3.63) is 22.5 Å². The van der Waals surface area contributed by atoms with Gasteiger partial charge in [-0.1, -0.05) is 76.3 Å². The molecule has 0 aliphatic carbocycles. The number of H-pyrrole nitrogens is 1. The zero-order valence-electron chi connectivity index (χ0n) is 18.4. The Morgan fingerprint density at radius 3 is 2.10 bits per heavy atom. The van der Waals surface area contributed by atoms with Gasteiger partial charge >= 0.3 is 5.97 Å². The molecule has 0 unspecified atom stereocenters. The maximum Gasteiger partial charge on any atom is 0.356 e. The molecular formula is C23H40ClNO4. The van der Waals surface area contributed by atoms with Crippen LogP contribution in [0.1, 0.15) is 94.2 Å². The van der Waals surface area contributed by atoms with Gasteiger partial charge < -0.3 is 19.2 Å². The maximum atomic E-state index is 12.1. The molecular weight excluding hydrogens is 390 g/mol. The van der Waals surface area contributed by atoms with Gasteiger partial charge in [-0.15, -0.1) is 0 Å². The Bertz CT molecular complexity index is 533. The smallest absolute Gasteiger partial charge is 0.356 e. The number of esters is 1. The van der Waals surface area contributed by atoms with E-state index in [1.807, 2.05) is 13.0 Å². The Hall–Kier alpha value is -1.04. The molecule has 1 aromatic heterocycles. The highest BCUT2D eigenvalue weighted by Gasteiger charge is 2.15. The van der Waals surface area contributed by atoms with Crippen molar-refractivity contribution in [2.24, 2.45) is 0 Å². The Morgan fingerprint density at radius 1 is 0.862 bits per heavy atom. The van der Waals surface area contributed by atoms with Crippen LogP contribution in [0.2, 0.25) is 5.02 Å². The second kappa shape index (κ2) is 17.8. The van der Waals surface area contributed by atoms with Crippen molar-refractivity contribution in [3.8, 4) is 0 Å². The first-order valence-electron chi connectivity index (χ1n) is 11.4. The minimum Gasteiger partial charge on any atom is -0.459 e. The SMILES string of the molecule is CCCCCCCCCCCCc1cc(Cl)c(C(=O)OCCOCCOCC)[nH]1. The second-order valence-corrected chi connectivity index (χ2v) is 7.80. The molecule has 5 nitrogen and oxygen atoms in total. The first kappa shape index (κ1) is 26.0. The predicted molar refractivity (Wildman–Crippen MR) is 119 cm³/mol. The van der Waals surface area contributed by atoms with Gasteiger partial charge in [0.2, 0.25) is 0 Å². The summed E-state index contributed by atoms with van der Waals surface area (Å²) in [5.74, 6) is -0.433. The standard InChI is InChI=1S/C23H40ClNO4/c1-3-5-6-7-8-9-10-11-12-13-14-20-19-21(24)22(25-20)23(26)29-18-17-28-16-15-27-4-2/h19,25H,3-18H2,1-2H3. The highest BCUT2D eigenvalue weighted by molar-refractivity contribution is 6.33. The molecule has 0 fully saturated rings. The second-order valence-electron chi connectivity index (χ2n) is 7.39. The van der Waals surface area contributed by atoms with Crippen LogP contribution in [0.3, 0.4) is 0 Å². The number of ether oxygens (including phenoxy) is 3. The number of rotatable bonds is 19. The lowest BCUT2D eigenvalue weighted by atomic mass is 10.1. The molecule has 1 N–H and O–H groups in total. The summed E-state index contributed by atoms with van der Waals surface area (Å²) in [6, 6.07) is 1.84. The summed E-state index contributed by atoms with van der Waals surface area (Å²) in [6.45, 7) is 6.46. The monoisotopic (exact) mass is 429 g/mol. The molecule has 0 bridgehead atoms. The number of hydrogen-bond acceptors (Lipinski definition) is 4. The third-order valence-electron chi connectivity index (χ3n) is 4.87. The average molecular weight is 430 g/mol. The van der Waals surface area contributed by atoms with Gasteiger partial charge in [0, 0.05) is 12.3 Å². The first-order valence-corrected chi connectivity index (χ1v) is 11.8. The number of unbranched alkanes of at least 4 members (excludes halogenated alkanes) is 9. The average Bonchev–Trinajstić information content (AvgIpc) is 3.09. The van der Waals surface area contributed by atoms with Gasteiger partial charge in [0.05, 0.1) is 24.8 Å². The fourth-order valence-corrected chi connectivity index (χ4v) is 3.45. The highest BCUT2D eigenvalue weighted by Crippen LogP contribution is 2.20. The molecule has 0 saturated heterocycles. The molecule has 1 aromatic rings. The molecule has 0 amide bonds. The lowest BCUT2D eigenvalue weighted by molar-refractivity contribution is 0.0160. The highest BCUT2D eigenvalue weighted by atomic mass is 35.5. The van der Waals surface area contributed by atoms with Gasteiger partial charge in [-0.2, -0.15) is 0 Å². The molecule has 1 rings (SSSR count). The summed E-state index contributed by atoms with van der Waals surface area (Å²) in [6.07, 6.45) is 14.0. The normalized spacial score (nSPS) is 11.1. The first-order chi connectivity index (χ1) is 14.2. The van der Waals surface area contributed by atoms with Crippen molar-refractivity contribution in [1.29, 1.82) is 0 Å². The summed E-state index contributed by atoms with van der Waals surface area (Å²) in [5.41, 5.74) is 1.33. The Morgan fingerprint density at radius 2 is 1.45 bits per heavy atom. The summed E-state index contributed by atoms with van der Waals surface area (Å²) in [4.78, 5) is 15.3. The van der Waals surface area contributed by atoms with Gasteiger partial charge in [-0.25, -0.2) is 4.79 Å². The topological polar surface area (TPSA) is 60.6 Å². The number of nitrogens with one attached hydrogen (secondary N) is 1. The van der Waals surface area contributed by atoms with E-state index in [0.717, 1.165) is 18.5 Å². The number of aryl methyl sites for hydroxylation is 1. The Labute approximate surface area is 181 Å². The van der Waals surface area contributed by atoms with Crippen molar-refractivity contribution in [2.75, 3.05) is 33.0 Å². The van der Waals surface area contributed by atoms with E-state index < -0.39 is 5.97 Å². The molecule has 0 aromatic carbocycles. The molecule has 1 heterocycles. The third kappa shape index (κ3) is 13.0. The van der Waals surface area contributed by atoms with E-state index in [-0.39, 0.29) is 6.61 Å². The van der Waals surface area contributed by atoms with E-state index in [2.05, 4.69) is 11.9 Å². The Balaban J connectivity index is 2.11. The molecule has 0 spiro atoms. The lowest BCUT2D eigenvalue weighted by Gasteiger charge is -2.06. The van der Waals surface area contributed by atoms with Crippen LogP contribution >= 0.6 is 11.6 Å². The van der Waals surface area contributed by atoms with Crippen molar-refractivity contribution in [2.45, 2.75) is 84.5 Å². The van der Waals surface area contributed by atoms with E-state index in [1.165, 1.54) is 57.8 Å². The van der Waals surface area contributed by atoms with Gasteiger partial charge in [0.25, 0.3) is 0 Å². The number of carbonyl (C=O) groups is 1. The molecule has 0 radical (unpaired) electrons. The van der Waals surface area contributed by atoms with E-state index in [4.69, 9.17) is 25.8 Å². The molecule has 0 atom stereocenters. The van der Waals surface area contributed by atoms with Crippen LogP contribution in [0.4, 0.5) is 0 Å². The fourth-order valence-electron chi connectivity index (χ4n) is 3.20. The minimum atomic E-state index is -0.433. The molecule has 0 aliphatic rings. The number of aromatic amines is 1. The van der Waals surface area contributed by atoms with Crippen LogP contribution < -0.4 is 0 Å².